The zero-order valence-corrected chi connectivity index (χ0v) is 15.1. The first kappa shape index (κ1) is 16.4. The van der Waals surface area contributed by atoms with Gasteiger partial charge in [-0.3, -0.25) is 4.79 Å². The Morgan fingerprint density at radius 3 is 2.68 bits per heavy atom. The highest BCUT2D eigenvalue weighted by Gasteiger charge is 2.15. The van der Waals surface area contributed by atoms with Crippen molar-refractivity contribution < 1.29 is 9.53 Å². The molecule has 1 aromatic heterocycles. The van der Waals surface area contributed by atoms with Crippen molar-refractivity contribution in [3.63, 3.8) is 0 Å². The second-order valence-electron chi connectivity index (χ2n) is 5.87. The van der Waals surface area contributed by atoms with Gasteiger partial charge >= 0.3 is 0 Å². The molecule has 0 unspecified atom stereocenters. The van der Waals surface area contributed by atoms with Crippen LogP contribution in [-0.2, 0) is 4.74 Å². The van der Waals surface area contributed by atoms with Crippen molar-refractivity contribution in [1.29, 1.82) is 0 Å². The summed E-state index contributed by atoms with van der Waals surface area (Å²) in [5, 5.41) is 4.65. The topological polar surface area (TPSA) is 41.6 Å². The molecule has 2 heterocycles. The summed E-state index contributed by atoms with van der Waals surface area (Å²) in [6, 6.07) is 15.5. The summed E-state index contributed by atoms with van der Waals surface area (Å²) in [7, 11) is 0. The van der Waals surface area contributed by atoms with Gasteiger partial charge < -0.3 is 15.0 Å². The van der Waals surface area contributed by atoms with E-state index in [0.717, 1.165) is 28.9 Å². The molecule has 1 saturated heterocycles. The highest BCUT2D eigenvalue weighted by atomic mass is 35.5. The van der Waals surface area contributed by atoms with E-state index >= 15 is 0 Å². The fraction of sp³-hybridized carbons (Fsp3) is 0.211. The molecule has 4 nitrogen and oxygen atoms in total. The molecule has 0 bridgehead atoms. The van der Waals surface area contributed by atoms with E-state index in [2.05, 4.69) is 10.2 Å². The summed E-state index contributed by atoms with van der Waals surface area (Å²) in [5.41, 5.74) is 1.68. The highest BCUT2D eigenvalue weighted by molar-refractivity contribution is 7.20. The van der Waals surface area contributed by atoms with Crippen molar-refractivity contribution in [2.24, 2.45) is 0 Å². The lowest BCUT2D eigenvalue weighted by Gasteiger charge is -2.29. The molecular weight excluding hydrogens is 356 g/mol. The Balaban J connectivity index is 1.52. The van der Waals surface area contributed by atoms with Crippen LogP contribution in [0.4, 0.5) is 11.4 Å². The van der Waals surface area contributed by atoms with Crippen LogP contribution in [0, 0.1) is 0 Å². The summed E-state index contributed by atoms with van der Waals surface area (Å²) >= 11 is 7.91. The molecule has 25 heavy (non-hydrogen) atoms. The van der Waals surface area contributed by atoms with Crippen molar-refractivity contribution in [1.82, 2.24) is 0 Å². The van der Waals surface area contributed by atoms with Crippen LogP contribution in [-0.4, -0.2) is 32.2 Å². The molecule has 6 heteroatoms. The SMILES string of the molecule is O=C(Nc1ccc(N2CCOCC2)c(Cl)c1)c1cc2ccccc2s1. The monoisotopic (exact) mass is 372 g/mol. The maximum Gasteiger partial charge on any atom is 0.265 e. The molecule has 0 spiro atoms. The van der Waals surface area contributed by atoms with E-state index in [4.69, 9.17) is 16.3 Å². The minimum absolute atomic E-state index is 0.114. The normalized spacial score (nSPS) is 14.7. The van der Waals surface area contributed by atoms with Gasteiger partial charge in [0.1, 0.15) is 0 Å². The molecule has 1 amide bonds. The predicted molar refractivity (Wildman–Crippen MR) is 104 cm³/mol. The van der Waals surface area contributed by atoms with Gasteiger partial charge in [0.2, 0.25) is 0 Å². The summed E-state index contributed by atoms with van der Waals surface area (Å²) in [5.74, 6) is -0.114. The van der Waals surface area contributed by atoms with Crippen LogP contribution < -0.4 is 10.2 Å². The Kier molecular flexibility index (Phi) is 4.61. The van der Waals surface area contributed by atoms with E-state index in [-0.39, 0.29) is 5.91 Å². The number of carbonyl (C=O) groups excluding carboxylic acids is 1. The number of thiophene rings is 1. The van der Waals surface area contributed by atoms with Crippen molar-refractivity contribution in [2.75, 3.05) is 36.5 Å². The standard InChI is InChI=1S/C19H17ClN2O2S/c20-15-12-14(5-6-16(15)22-7-9-24-10-8-22)21-19(23)18-11-13-3-1-2-4-17(13)25-18/h1-6,11-12H,7-10H2,(H,21,23). The van der Waals surface area contributed by atoms with Gasteiger partial charge in [0.25, 0.3) is 5.91 Å². The number of halogens is 1. The number of fused-ring (bicyclic) bond motifs is 1. The molecule has 1 aliphatic heterocycles. The van der Waals surface area contributed by atoms with E-state index in [1.165, 1.54) is 11.3 Å². The second-order valence-corrected chi connectivity index (χ2v) is 7.36. The number of hydrogen-bond acceptors (Lipinski definition) is 4. The molecule has 1 fully saturated rings. The number of morpholine rings is 1. The maximum atomic E-state index is 12.5. The quantitative estimate of drug-likeness (QED) is 0.728. The minimum atomic E-state index is -0.114. The Labute approximate surface area is 155 Å². The van der Waals surface area contributed by atoms with Gasteiger partial charge in [-0.2, -0.15) is 0 Å². The van der Waals surface area contributed by atoms with E-state index in [1.54, 1.807) is 6.07 Å². The van der Waals surface area contributed by atoms with Gasteiger partial charge in [0, 0.05) is 23.5 Å². The highest BCUT2D eigenvalue weighted by Crippen LogP contribution is 2.30. The first-order chi connectivity index (χ1) is 12.2. The number of anilines is 2. The lowest BCUT2D eigenvalue weighted by Crippen LogP contribution is -2.36. The summed E-state index contributed by atoms with van der Waals surface area (Å²) in [4.78, 5) is 15.4. The van der Waals surface area contributed by atoms with E-state index < -0.39 is 0 Å². The molecule has 3 aromatic rings. The number of nitrogens with one attached hydrogen (secondary N) is 1. The first-order valence-electron chi connectivity index (χ1n) is 8.13. The zero-order valence-electron chi connectivity index (χ0n) is 13.5. The smallest absolute Gasteiger partial charge is 0.265 e. The van der Waals surface area contributed by atoms with Gasteiger partial charge in [0.15, 0.2) is 0 Å². The molecule has 1 N–H and O–H groups in total. The maximum absolute atomic E-state index is 12.5. The number of ether oxygens (including phenoxy) is 1. The van der Waals surface area contributed by atoms with Crippen LogP contribution in [0.5, 0.6) is 0 Å². The third-order valence-electron chi connectivity index (χ3n) is 4.21. The van der Waals surface area contributed by atoms with Gasteiger partial charge in [-0.1, -0.05) is 29.8 Å². The van der Waals surface area contributed by atoms with Gasteiger partial charge in [-0.15, -0.1) is 11.3 Å². The van der Waals surface area contributed by atoms with Crippen molar-refractivity contribution in [3.8, 4) is 0 Å². The third kappa shape index (κ3) is 3.49. The second kappa shape index (κ2) is 7.04. The van der Waals surface area contributed by atoms with Crippen molar-refractivity contribution in [3.05, 3.63) is 58.4 Å². The fourth-order valence-electron chi connectivity index (χ4n) is 2.93. The lowest BCUT2D eigenvalue weighted by molar-refractivity contribution is 0.103. The van der Waals surface area contributed by atoms with Gasteiger partial charge in [0.05, 0.1) is 28.8 Å². The fourth-order valence-corrected chi connectivity index (χ4v) is 4.19. The van der Waals surface area contributed by atoms with Crippen LogP contribution in [0.1, 0.15) is 9.67 Å². The van der Waals surface area contributed by atoms with Crippen LogP contribution in [0.25, 0.3) is 10.1 Å². The molecule has 0 atom stereocenters. The average molecular weight is 373 g/mol. The molecule has 128 valence electrons. The van der Waals surface area contributed by atoms with E-state index in [1.807, 2.05) is 42.5 Å². The largest absolute Gasteiger partial charge is 0.378 e. The molecule has 0 radical (unpaired) electrons. The van der Waals surface area contributed by atoms with E-state index in [9.17, 15) is 4.79 Å². The lowest BCUT2D eigenvalue weighted by atomic mass is 10.2. The Hall–Kier alpha value is -2.08. The number of nitrogens with zero attached hydrogens (tertiary/aromatic N) is 1. The number of carbonyl (C=O) groups is 1. The van der Waals surface area contributed by atoms with Gasteiger partial charge in [-0.25, -0.2) is 0 Å². The third-order valence-corrected chi connectivity index (χ3v) is 5.62. The molecule has 4 rings (SSSR count). The first-order valence-corrected chi connectivity index (χ1v) is 9.32. The molecule has 0 saturated carbocycles. The molecular formula is C19H17ClN2O2S. The number of rotatable bonds is 3. The van der Waals surface area contributed by atoms with Crippen LogP contribution in [0.3, 0.4) is 0 Å². The summed E-state index contributed by atoms with van der Waals surface area (Å²) in [6.07, 6.45) is 0. The van der Waals surface area contributed by atoms with Crippen LogP contribution >= 0.6 is 22.9 Å². The summed E-state index contributed by atoms with van der Waals surface area (Å²) < 4.78 is 6.48. The number of benzene rings is 2. The van der Waals surface area contributed by atoms with Crippen LogP contribution in [0.2, 0.25) is 5.02 Å². The van der Waals surface area contributed by atoms with Gasteiger partial charge in [-0.05, 0) is 35.7 Å². The minimum Gasteiger partial charge on any atom is -0.378 e. The zero-order chi connectivity index (χ0) is 17.2. The molecule has 1 aliphatic rings. The van der Waals surface area contributed by atoms with Crippen molar-refractivity contribution in [2.45, 2.75) is 0 Å². The molecule has 2 aromatic carbocycles. The Morgan fingerprint density at radius 2 is 1.92 bits per heavy atom. The van der Waals surface area contributed by atoms with Crippen molar-refractivity contribution >= 4 is 50.3 Å². The number of amides is 1. The molecule has 0 aliphatic carbocycles. The Bertz CT molecular complexity index is 886. The Morgan fingerprint density at radius 1 is 1.12 bits per heavy atom. The van der Waals surface area contributed by atoms with E-state index in [0.29, 0.717) is 28.8 Å². The number of hydrogen-bond donors (Lipinski definition) is 1. The summed E-state index contributed by atoms with van der Waals surface area (Å²) in [6.45, 7) is 3.07. The van der Waals surface area contributed by atoms with Crippen LogP contribution in [0.15, 0.2) is 48.5 Å². The predicted octanol–water partition coefficient (Wildman–Crippen LogP) is 4.64. The average Bonchev–Trinajstić information content (AvgIpc) is 3.07.